The number of hydrogen-bond donors (Lipinski definition) is 1. The number of rotatable bonds is 3. The number of fused-ring (bicyclic) bond motifs is 1. The quantitative estimate of drug-likeness (QED) is 0.553. The molecule has 4 rings (SSSR count). The molecular weight excluding hydrogens is 455 g/mol. The van der Waals surface area contributed by atoms with E-state index in [9.17, 15) is 14.0 Å². The van der Waals surface area contributed by atoms with Crippen LogP contribution in [-0.2, 0) is 13.0 Å². The fourth-order valence-electron chi connectivity index (χ4n) is 3.46. The molecule has 0 unspecified atom stereocenters. The standard InChI is InChI=1S/C22H18BrFN2O2S/c1-13-16(22(28)26-9-7-20-14(12-26)8-10-29-20)3-2-4-19(13)25-21(27)17-11-15(23)5-6-18(17)24/h2-6,8,10-11H,7,9,12H2,1H3,(H,25,27). The molecule has 0 saturated heterocycles. The first-order valence-corrected chi connectivity index (χ1v) is 10.8. The van der Waals surface area contributed by atoms with Gasteiger partial charge in [0.1, 0.15) is 5.82 Å². The minimum atomic E-state index is -0.601. The summed E-state index contributed by atoms with van der Waals surface area (Å²) >= 11 is 4.98. The largest absolute Gasteiger partial charge is 0.334 e. The van der Waals surface area contributed by atoms with Gasteiger partial charge in [0.2, 0.25) is 0 Å². The maximum Gasteiger partial charge on any atom is 0.258 e. The summed E-state index contributed by atoms with van der Waals surface area (Å²) in [6.45, 7) is 3.06. The summed E-state index contributed by atoms with van der Waals surface area (Å²) in [6.07, 6.45) is 0.858. The molecule has 0 saturated carbocycles. The summed E-state index contributed by atoms with van der Waals surface area (Å²) in [6, 6.07) is 11.5. The SMILES string of the molecule is Cc1c(NC(=O)c2cc(Br)ccc2F)cccc1C(=O)N1CCc2sccc2C1. The van der Waals surface area contributed by atoms with Gasteiger partial charge in [0.25, 0.3) is 11.8 Å². The molecule has 1 aromatic heterocycles. The highest BCUT2D eigenvalue weighted by atomic mass is 79.9. The van der Waals surface area contributed by atoms with Crippen LogP contribution in [0.25, 0.3) is 0 Å². The van der Waals surface area contributed by atoms with Gasteiger partial charge in [0.05, 0.1) is 5.56 Å². The maximum absolute atomic E-state index is 14.0. The van der Waals surface area contributed by atoms with Crippen LogP contribution in [0.3, 0.4) is 0 Å². The first-order chi connectivity index (χ1) is 13.9. The van der Waals surface area contributed by atoms with Gasteiger partial charge < -0.3 is 10.2 Å². The molecule has 7 heteroatoms. The number of carbonyl (C=O) groups excluding carboxylic acids is 2. The van der Waals surface area contributed by atoms with Crippen LogP contribution in [-0.4, -0.2) is 23.3 Å². The lowest BCUT2D eigenvalue weighted by Gasteiger charge is -2.28. The lowest BCUT2D eigenvalue weighted by atomic mass is 10.0. The molecule has 0 aliphatic carbocycles. The Morgan fingerprint density at radius 2 is 2.00 bits per heavy atom. The van der Waals surface area contributed by atoms with E-state index in [1.807, 2.05) is 4.90 Å². The average Bonchev–Trinajstić information content (AvgIpc) is 3.18. The third-order valence-corrected chi connectivity index (χ3v) is 6.60. The van der Waals surface area contributed by atoms with E-state index in [-0.39, 0.29) is 11.5 Å². The Balaban J connectivity index is 1.57. The Labute approximate surface area is 180 Å². The lowest BCUT2D eigenvalue weighted by molar-refractivity contribution is 0.0735. The summed E-state index contributed by atoms with van der Waals surface area (Å²) < 4.78 is 14.6. The van der Waals surface area contributed by atoms with E-state index in [1.54, 1.807) is 36.5 Å². The van der Waals surface area contributed by atoms with Crippen LogP contribution in [0.5, 0.6) is 0 Å². The third-order valence-electron chi connectivity index (χ3n) is 5.08. The van der Waals surface area contributed by atoms with E-state index in [1.165, 1.54) is 28.6 Å². The zero-order valence-electron chi connectivity index (χ0n) is 15.7. The molecule has 0 spiro atoms. The summed E-state index contributed by atoms with van der Waals surface area (Å²) in [5.74, 6) is -1.23. The minimum Gasteiger partial charge on any atom is -0.334 e. The highest BCUT2D eigenvalue weighted by Crippen LogP contribution is 2.27. The summed E-state index contributed by atoms with van der Waals surface area (Å²) in [5, 5.41) is 4.79. The van der Waals surface area contributed by atoms with E-state index in [2.05, 4.69) is 32.7 Å². The predicted octanol–water partition coefficient (Wildman–Crippen LogP) is 5.41. The van der Waals surface area contributed by atoms with Crippen LogP contribution in [0.1, 0.15) is 36.7 Å². The first kappa shape index (κ1) is 19.8. The fourth-order valence-corrected chi connectivity index (χ4v) is 4.71. The van der Waals surface area contributed by atoms with Crippen molar-refractivity contribution in [2.75, 3.05) is 11.9 Å². The summed E-state index contributed by atoms with van der Waals surface area (Å²) in [4.78, 5) is 28.8. The number of amides is 2. The molecule has 2 amide bonds. The van der Waals surface area contributed by atoms with Crippen molar-refractivity contribution in [2.24, 2.45) is 0 Å². The van der Waals surface area contributed by atoms with Gasteiger partial charge in [0, 0.05) is 33.7 Å². The molecule has 2 heterocycles. The predicted molar refractivity (Wildman–Crippen MR) is 116 cm³/mol. The van der Waals surface area contributed by atoms with Gasteiger partial charge >= 0.3 is 0 Å². The van der Waals surface area contributed by atoms with Crippen molar-refractivity contribution in [3.8, 4) is 0 Å². The van der Waals surface area contributed by atoms with E-state index >= 15 is 0 Å². The molecule has 0 fully saturated rings. The number of nitrogens with one attached hydrogen (secondary N) is 1. The van der Waals surface area contributed by atoms with Crippen LogP contribution < -0.4 is 5.32 Å². The molecule has 3 aromatic rings. The molecule has 2 aromatic carbocycles. The Bertz CT molecular complexity index is 1110. The number of benzene rings is 2. The van der Waals surface area contributed by atoms with Gasteiger partial charge in [-0.15, -0.1) is 11.3 Å². The Kier molecular flexibility index (Phi) is 5.52. The normalized spacial score (nSPS) is 13.1. The van der Waals surface area contributed by atoms with Crippen molar-refractivity contribution >= 4 is 44.8 Å². The van der Waals surface area contributed by atoms with Crippen LogP contribution in [0.15, 0.2) is 52.3 Å². The number of nitrogens with zero attached hydrogens (tertiary/aromatic N) is 1. The Morgan fingerprint density at radius 3 is 2.83 bits per heavy atom. The van der Waals surface area contributed by atoms with E-state index < -0.39 is 11.7 Å². The van der Waals surface area contributed by atoms with Crippen LogP contribution >= 0.6 is 27.3 Å². The van der Waals surface area contributed by atoms with Gasteiger partial charge in [-0.05, 0) is 66.2 Å². The van der Waals surface area contributed by atoms with Crippen molar-refractivity contribution in [1.82, 2.24) is 4.90 Å². The van der Waals surface area contributed by atoms with E-state index in [4.69, 9.17) is 0 Å². The van der Waals surface area contributed by atoms with Crippen molar-refractivity contribution in [2.45, 2.75) is 19.9 Å². The highest BCUT2D eigenvalue weighted by molar-refractivity contribution is 9.10. The molecule has 1 aliphatic heterocycles. The number of halogens is 2. The summed E-state index contributed by atoms with van der Waals surface area (Å²) in [7, 11) is 0. The smallest absolute Gasteiger partial charge is 0.258 e. The molecule has 0 atom stereocenters. The third kappa shape index (κ3) is 3.97. The van der Waals surface area contributed by atoms with Gasteiger partial charge in [-0.1, -0.05) is 22.0 Å². The zero-order chi connectivity index (χ0) is 20.5. The van der Waals surface area contributed by atoms with Gasteiger partial charge in [-0.25, -0.2) is 4.39 Å². The topological polar surface area (TPSA) is 49.4 Å². The fraction of sp³-hybridized carbons (Fsp3) is 0.182. The average molecular weight is 473 g/mol. The molecule has 0 bridgehead atoms. The monoisotopic (exact) mass is 472 g/mol. The second kappa shape index (κ2) is 8.08. The number of anilines is 1. The zero-order valence-corrected chi connectivity index (χ0v) is 18.1. The molecule has 1 aliphatic rings. The van der Waals surface area contributed by atoms with E-state index in [0.717, 1.165) is 6.42 Å². The number of thiophene rings is 1. The van der Waals surface area contributed by atoms with Gasteiger partial charge in [-0.2, -0.15) is 0 Å². The molecule has 29 heavy (non-hydrogen) atoms. The lowest BCUT2D eigenvalue weighted by Crippen LogP contribution is -2.35. The van der Waals surface area contributed by atoms with Crippen molar-refractivity contribution in [3.05, 3.63) is 85.3 Å². The van der Waals surface area contributed by atoms with E-state index in [0.29, 0.717) is 34.4 Å². The number of carbonyl (C=O) groups is 2. The molecule has 1 N–H and O–H groups in total. The molecule has 4 nitrogen and oxygen atoms in total. The number of hydrogen-bond acceptors (Lipinski definition) is 3. The Morgan fingerprint density at radius 1 is 1.17 bits per heavy atom. The second-order valence-corrected chi connectivity index (χ2v) is 8.82. The van der Waals surface area contributed by atoms with Crippen molar-refractivity contribution in [1.29, 1.82) is 0 Å². The minimum absolute atomic E-state index is 0.0588. The van der Waals surface area contributed by atoms with Gasteiger partial charge in [0.15, 0.2) is 0 Å². The van der Waals surface area contributed by atoms with Crippen molar-refractivity contribution in [3.63, 3.8) is 0 Å². The van der Waals surface area contributed by atoms with Crippen LogP contribution in [0.2, 0.25) is 0 Å². The first-order valence-electron chi connectivity index (χ1n) is 9.14. The maximum atomic E-state index is 14.0. The van der Waals surface area contributed by atoms with Gasteiger partial charge in [-0.3, -0.25) is 9.59 Å². The molecule has 0 radical (unpaired) electrons. The van der Waals surface area contributed by atoms with Crippen molar-refractivity contribution < 1.29 is 14.0 Å². The summed E-state index contributed by atoms with van der Waals surface area (Å²) in [5.41, 5.74) is 2.83. The molecule has 148 valence electrons. The highest BCUT2D eigenvalue weighted by Gasteiger charge is 2.24. The Hall–Kier alpha value is -2.51. The van der Waals surface area contributed by atoms with Crippen LogP contribution in [0, 0.1) is 12.7 Å². The second-order valence-electron chi connectivity index (χ2n) is 6.90. The molecular formula is C22H18BrFN2O2S. The van der Waals surface area contributed by atoms with Crippen LogP contribution in [0.4, 0.5) is 10.1 Å².